The molecule has 4 N–H and O–H groups in total. The highest BCUT2D eigenvalue weighted by atomic mass is 16.2. The van der Waals surface area contributed by atoms with Gasteiger partial charge in [-0.15, -0.1) is 0 Å². The summed E-state index contributed by atoms with van der Waals surface area (Å²) in [5, 5.41) is 10.9. The predicted octanol–water partition coefficient (Wildman–Crippen LogP) is 1.17. The van der Waals surface area contributed by atoms with Crippen LogP contribution in [-0.2, 0) is 13.1 Å². The lowest BCUT2D eigenvalue weighted by atomic mass is 10.3. The first-order valence-corrected chi connectivity index (χ1v) is 8.07. The van der Waals surface area contributed by atoms with Crippen LogP contribution in [0.25, 0.3) is 0 Å². The first-order chi connectivity index (χ1) is 12.2. The van der Waals surface area contributed by atoms with Crippen LogP contribution in [0, 0.1) is 0 Å². The Morgan fingerprint density at radius 1 is 0.720 bits per heavy atom. The van der Waals surface area contributed by atoms with E-state index in [1.165, 1.54) is 0 Å². The molecule has 0 atom stereocenters. The number of carbonyl (C=O) groups is 2. The number of nitrogens with one attached hydrogen (secondary N) is 4. The molecular weight excluding hydrogens is 320 g/mol. The van der Waals surface area contributed by atoms with Gasteiger partial charge in [-0.25, -0.2) is 9.59 Å². The lowest BCUT2D eigenvalue weighted by molar-refractivity contribution is 0.239. The third-order valence-corrected chi connectivity index (χ3v) is 3.24. The van der Waals surface area contributed by atoms with Crippen molar-refractivity contribution in [2.75, 3.05) is 13.1 Å². The van der Waals surface area contributed by atoms with Crippen LogP contribution >= 0.6 is 0 Å². The fourth-order valence-electron chi connectivity index (χ4n) is 1.96. The van der Waals surface area contributed by atoms with Crippen LogP contribution in [0.3, 0.4) is 0 Å². The van der Waals surface area contributed by atoms with Gasteiger partial charge in [-0.3, -0.25) is 9.97 Å². The molecule has 132 valence electrons. The van der Waals surface area contributed by atoms with E-state index in [1.807, 2.05) is 36.4 Å². The lowest BCUT2D eigenvalue weighted by Gasteiger charge is -2.09. The Hall–Kier alpha value is -3.16. The molecule has 0 aliphatic heterocycles. The van der Waals surface area contributed by atoms with Crippen molar-refractivity contribution in [3.63, 3.8) is 0 Å². The largest absolute Gasteiger partial charge is 0.338 e. The fraction of sp³-hybridized carbons (Fsp3) is 0.294. The highest BCUT2D eigenvalue weighted by Crippen LogP contribution is 1.92. The van der Waals surface area contributed by atoms with E-state index in [0.29, 0.717) is 32.6 Å². The van der Waals surface area contributed by atoms with E-state index in [9.17, 15) is 9.59 Å². The molecule has 2 aromatic heterocycles. The minimum absolute atomic E-state index is 0.259. The fourth-order valence-corrected chi connectivity index (χ4v) is 1.96. The number of nitrogens with zero attached hydrogens (tertiary/aromatic N) is 2. The maximum atomic E-state index is 11.6. The Balaban J connectivity index is 1.48. The summed E-state index contributed by atoms with van der Waals surface area (Å²) in [6, 6.07) is 10.5. The number of aromatic nitrogens is 2. The van der Waals surface area contributed by atoms with Gasteiger partial charge < -0.3 is 21.3 Å². The van der Waals surface area contributed by atoms with Crippen LogP contribution in [0.4, 0.5) is 9.59 Å². The minimum Gasteiger partial charge on any atom is -0.338 e. The van der Waals surface area contributed by atoms with Crippen LogP contribution in [-0.4, -0.2) is 35.1 Å². The van der Waals surface area contributed by atoms with Crippen LogP contribution < -0.4 is 21.3 Å². The molecule has 0 spiro atoms. The van der Waals surface area contributed by atoms with Gasteiger partial charge in [0.25, 0.3) is 0 Å². The molecule has 0 saturated heterocycles. The van der Waals surface area contributed by atoms with Gasteiger partial charge in [-0.1, -0.05) is 12.1 Å². The topological polar surface area (TPSA) is 108 Å². The Morgan fingerprint density at radius 2 is 1.20 bits per heavy atom. The summed E-state index contributed by atoms with van der Waals surface area (Å²) in [6.07, 6.45) is 3.99. The number of rotatable bonds is 8. The molecule has 0 radical (unpaired) electrons. The Bertz CT molecular complexity index is 593. The zero-order chi connectivity index (χ0) is 17.7. The van der Waals surface area contributed by atoms with E-state index in [-0.39, 0.29) is 12.1 Å². The van der Waals surface area contributed by atoms with E-state index in [1.54, 1.807) is 12.4 Å². The molecule has 0 aromatic carbocycles. The van der Waals surface area contributed by atoms with Crippen molar-refractivity contribution >= 4 is 12.1 Å². The third-order valence-electron chi connectivity index (χ3n) is 3.24. The SMILES string of the molecule is O=C(NCCCNC(=O)NCc1ccccn1)NCc1ccccn1. The van der Waals surface area contributed by atoms with E-state index in [0.717, 1.165) is 11.4 Å². The van der Waals surface area contributed by atoms with Crippen molar-refractivity contribution in [3.05, 3.63) is 60.2 Å². The standard InChI is InChI=1S/C17H22N6O2/c24-16(22-12-14-6-1-3-8-18-14)20-10-5-11-21-17(25)23-13-15-7-2-4-9-19-15/h1-4,6-9H,5,10-13H2,(H2,20,22,24)(H2,21,23,25). The third kappa shape index (κ3) is 7.78. The summed E-state index contributed by atoms with van der Waals surface area (Å²) in [7, 11) is 0. The van der Waals surface area contributed by atoms with E-state index in [2.05, 4.69) is 31.2 Å². The molecule has 2 rings (SSSR count). The van der Waals surface area contributed by atoms with E-state index >= 15 is 0 Å². The normalized spacial score (nSPS) is 9.92. The second-order valence-corrected chi connectivity index (χ2v) is 5.21. The molecule has 0 aliphatic rings. The van der Waals surface area contributed by atoms with Crippen molar-refractivity contribution in [1.29, 1.82) is 0 Å². The quantitative estimate of drug-likeness (QED) is 0.540. The molecule has 0 unspecified atom stereocenters. The molecule has 4 amide bonds. The van der Waals surface area contributed by atoms with Gasteiger partial charge in [0.15, 0.2) is 0 Å². The number of hydrogen-bond donors (Lipinski definition) is 4. The van der Waals surface area contributed by atoms with Crippen molar-refractivity contribution in [2.45, 2.75) is 19.5 Å². The average molecular weight is 342 g/mol. The Morgan fingerprint density at radius 3 is 1.60 bits per heavy atom. The molecule has 2 heterocycles. The molecule has 0 saturated carbocycles. The first kappa shape index (κ1) is 18.2. The molecule has 0 fully saturated rings. The molecular formula is C17H22N6O2. The number of amides is 4. The summed E-state index contributed by atoms with van der Waals surface area (Å²) >= 11 is 0. The predicted molar refractivity (Wildman–Crippen MR) is 93.6 cm³/mol. The summed E-state index contributed by atoms with van der Waals surface area (Å²) in [4.78, 5) is 31.5. The van der Waals surface area contributed by atoms with Crippen molar-refractivity contribution in [3.8, 4) is 0 Å². The summed E-state index contributed by atoms with van der Waals surface area (Å²) in [5.41, 5.74) is 1.59. The monoisotopic (exact) mass is 342 g/mol. The summed E-state index contributed by atoms with van der Waals surface area (Å²) in [6.45, 7) is 1.69. The van der Waals surface area contributed by atoms with Gasteiger partial charge in [0.2, 0.25) is 0 Å². The maximum Gasteiger partial charge on any atom is 0.315 e. The number of pyridine rings is 2. The van der Waals surface area contributed by atoms with Crippen LogP contribution in [0.15, 0.2) is 48.8 Å². The second kappa shape index (κ2) is 10.6. The highest BCUT2D eigenvalue weighted by molar-refractivity contribution is 5.74. The van der Waals surface area contributed by atoms with E-state index in [4.69, 9.17) is 0 Å². The van der Waals surface area contributed by atoms with Crippen LogP contribution in [0.2, 0.25) is 0 Å². The van der Waals surface area contributed by atoms with Gasteiger partial charge in [-0.05, 0) is 30.7 Å². The lowest BCUT2D eigenvalue weighted by Crippen LogP contribution is -2.39. The summed E-state index contributed by atoms with van der Waals surface area (Å²) in [5.74, 6) is 0. The molecule has 8 nitrogen and oxygen atoms in total. The minimum atomic E-state index is -0.259. The van der Waals surface area contributed by atoms with Crippen molar-refractivity contribution in [1.82, 2.24) is 31.2 Å². The molecule has 0 aliphatic carbocycles. The molecule has 2 aromatic rings. The highest BCUT2D eigenvalue weighted by Gasteiger charge is 2.02. The zero-order valence-electron chi connectivity index (χ0n) is 13.9. The maximum absolute atomic E-state index is 11.6. The molecule has 0 bridgehead atoms. The van der Waals surface area contributed by atoms with Crippen molar-refractivity contribution < 1.29 is 9.59 Å². The second-order valence-electron chi connectivity index (χ2n) is 5.21. The van der Waals surface area contributed by atoms with Gasteiger partial charge >= 0.3 is 12.1 Å². The summed E-state index contributed by atoms with van der Waals surface area (Å²) < 4.78 is 0. The van der Waals surface area contributed by atoms with Crippen LogP contribution in [0.5, 0.6) is 0 Å². The van der Waals surface area contributed by atoms with Gasteiger partial charge in [0.1, 0.15) is 0 Å². The number of carbonyl (C=O) groups excluding carboxylic acids is 2. The Labute approximate surface area is 146 Å². The van der Waals surface area contributed by atoms with Crippen LogP contribution in [0.1, 0.15) is 17.8 Å². The van der Waals surface area contributed by atoms with Crippen molar-refractivity contribution in [2.24, 2.45) is 0 Å². The van der Waals surface area contributed by atoms with Gasteiger partial charge in [0, 0.05) is 25.5 Å². The van der Waals surface area contributed by atoms with Gasteiger partial charge in [0.05, 0.1) is 24.5 Å². The average Bonchev–Trinajstić information content (AvgIpc) is 2.66. The first-order valence-electron chi connectivity index (χ1n) is 8.07. The van der Waals surface area contributed by atoms with E-state index < -0.39 is 0 Å². The smallest absolute Gasteiger partial charge is 0.315 e. The number of hydrogen-bond acceptors (Lipinski definition) is 4. The molecule has 8 heteroatoms. The van der Waals surface area contributed by atoms with Gasteiger partial charge in [-0.2, -0.15) is 0 Å². The number of urea groups is 2. The zero-order valence-corrected chi connectivity index (χ0v) is 13.9. The Kier molecular flexibility index (Phi) is 7.70. The molecule has 25 heavy (non-hydrogen) atoms.